The van der Waals surface area contributed by atoms with Gasteiger partial charge in [0.1, 0.15) is 13.3 Å². The average molecular weight is 523 g/mol. The highest BCUT2D eigenvalue weighted by atomic mass is 16.3. The van der Waals surface area contributed by atoms with E-state index in [1.807, 2.05) is 18.7 Å². The molecule has 38 heavy (non-hydrogen) atoms. The van der Waals surface area contributed by atoms with E-state index < -0.39 is 0 Å². The topological polar surface area (TPSA) is 118 Å². The molecule has 2 N–H and O–H groups in total. The number of aromatic nitrogens is 8. The van der Waals surface area contributed by atoms with Crippen LogP contribution in [0.3, 0.4) is 0 Å². The molecular weight excluding hydrogens is 484 g/mol. The monoisotopic (exact) mass is 522 g/mol. The summed E-state index contributed by atoms with van der Waals surface area (Å²) in [7, 11) is 0. The van der Waals surface area contributed by atoms with Crippen molar-refractivity contribution < 1.29 is 10.2 Å². The number of β-amino-alcohol motifs (C(OH)–C–C–N with tert-alkyl or cyclic N) is 2. The predicted molar refractivity (Wildman–Crippen MR) is 141 cm³/mol. The molecule has 1 aliphatic rings. The minimum atomic E-state index is 0.0667. The van der Waals surface area contributed by atoms with Gasteiger partial charge < -0.3 is 10.2 Å². The Morgan fingerprint density at radius 1 is 0.526 bits per heavy atom. The summed E-state index contributed by atoms with van der Waals surface area (Å²) in [6.07, 6.45) is 0. The summed E-state index contributed by atoms with van der Waals surface area (Å²) in [4.78, 5) is 4.33. The van der Waals surface area contributed by atoms with Gasteiger partial charge in [0.15, 0.2) is 0 Å². The van der Waals surface area contributed by atoms with Crippen molar-refractivity contribution in [1.82, 2.24) is 48.9 Å². The van der Waals surface area contributed by atoms with E-state index in [0.29, 0.717) is 52.6 Å². The van der Waals surface area contributed by atoms with Gasteiger partial charge in [0, 0.05) is 62.0 Å². The Morgan fingerprint density at radius 2 is 0.789 bits per heavy atom. The van der Waals surface area contributed by atoms with E-state index in [9.17, 15) is 10.2 Å². The summed E-state index contributed by atoms with van der Waals surface area (Å²) in [5.74, 6) is 0. The molecule has 0 aromatic carbocycles. The summed E-state index contributed by atoms with van der Waals surface area (Å²) < 4.78 is 7.87. The fourth-order valence-corrected chi connectivity index (χ4v) is 5.08. The van der Waals surface area contributed by atoms with Crippen molar-refractivity contribution in [2.45, 2.75) is 67.2 Å². The summed E-state index contributed by atoms with van der Waals surface area (Å²) in [5, 5.41) is 38.9. The number of hydrogen-bond donors (Lipinski definition) is 2. The summed E-state index contributed by atoms with van der Waals surface area (Å²) in [6.45, 7) is 12.9. The van der Waals surface area contributed by atoms with Crippen LogP contribution in [-0.2, 0) is 39.5 Å². The molecule has 4 aromatic rings. The van der Waals surface area contributed by atoms with Crippen molar-refractivity contribution >= 4 is 0 Å². The summed E-state index contributed by atoms with van der Waals surface area (Å²) in [5.41, 5.74) is 8.00. The maximum atomic E-state index is 9.72. The molecule has 0 saturated heterocycles. The molecule has 12 nitrogen and oxygen atoms in total. The first kappa shape index (κ1) is 26.3. The van der Waals surface area contributed by atoms with Crippen molar-refractivity contribution in [3.63, 3.8) is 0 Å². The first-order chi connectivity index (χ1) is 18.3. The molecule has 0 spiro atoms. The van der Waals surface area contributed by atoms with Crippen LogP contribution in [0.15, 0.2) is 24.3 Å². The molecule has 0 amide bonds. The summed E-state index contributed by atoms with van der Waals surface area (Å²) in [6, 6.07) is 8.38. The molecule has 8 bridgehead atoms. The molecule has 0 saturated carbocycles. The second-order valence-electron chi connectivity index (χ2n) is 10.3. The Bertz CT molecular complexity index is 1180. The van der Waals surface area contributed by atoms with Crippen LogP contribution in [0.5, 0.6) is 0 Å². The van der Waals surface area contributed by atoms with E-state index >= 15 is 0 Å². The number of aryl methyl sites for hydroxylation is 4. The smallest absolute Gasteiger partial charge is 0.133 e. The Morgan fingerprint density at radius 3 is 1.03 bits per heavy atom. The summed E-state index contributed by atoms with van der Waals surface area (Å²) >= 11 is 0. The van der Waals surface area contributed by atoms with E-state index in [0.717, 1.165) is 45.6 Å². The third-order valence-electron chi connectivity index (χ3n) is 7.04. The zero-order valence-corrected chi connectivity index (χ0v) is 22.7. The van der Waals surface area contributed by atoms with Gasteiger partial charge in [-0.2, -0.15) is 20.4 Å². The van der Waals surface area contributed by atoms with Gasteiger partial charge in [0.25, 0.3) is 0 Å². The number of aliphatic hydroxyl groups is 2. The van der Waals surface area contributed by atoms with Gasteiger partial charge in [-0.15, -0.1) is 0 Å². The molecule has 5 rings (SSSR count). The molecule has 204 valence electrons. The van der Waals surface area contributed by atoms with Gasteiger partial charge in [-0.05, 0) is 52.0 Å². The van der Waals surface area contributed by atoms with Crippen LogP contribution >= 0.6 is 0 Å². The van der Waals surface area contributed by atoms with Crippen LogP contribution in [0.25, 0.3) is 0 Å². The van der Waals surface area contributed by atoms with Crippen molar-refractivity contribution in [1.29, 1.82) is 0 Å². The van der Waals surface area contributed by atoms with Crippen LogP contribution in [0.4, 0.5) is 0 Å². The number of rotatable bonds is 4. The van der Waals surface area contributed by atoms with Crippen LogP contribution in [0.1, 0.15) is 45.6 Å². The lowest BCUT2D eigenvalue weighted by Crippen LogP contribution is -2.27. The van der Waals surface area contributed by atoms with E-state index in [-0.39, 0.29) is 13.2 Å². The van der Waals surface area contributed by atoms with E-state index in [4.69, 9.17) is 20.4 Å². The van der Waals surface area contributed by atoms with E-state index in [2.05, 4.69) is 61.8 Å². The van der Waals surface area contributed by atoms with Crippen molar-refractivity contribution in [2.75, 3.05) is 26.3 Å². The van der Waals surface area contributed by atoms with Gasteiger partial charge in [0.2, 0.25) is 0 Å². The molecule has 12 heteroatoms. The molecule has 0 aliphatic carbocycles. The maximum absolute atomic E-state index is 9.72. The largest absolute Gasteiger partial charge is 0.395 e. The highest BCUT2D eigenvalue weighted by Crippen LogP contribution is 2.15. The third-order valence-corrected chi connectivity index (χ3v) is 7.04. The quantitative estimate of drug-likeness (QED) is 0.408. The Kier molecular flexibility index (Phi) is 7.75. The second kappa shape index (κ2) is 11.2. The van der Waals surface area contributed by atoms with Gasteiger partial charge in [0.05, 0.1) is 36.0 Å². The highest BCUT2D eigenvalue weighted by Gasteiger charge is 2.17. The van der Waals surface area contributed by atoms with Gasteiger partial charge in [-0.25, -0.2) is 18.7 Å². The first-order valence-corrected chi connectivity index (χ1v) is 13.1. The molecular formula is C26H38N10O2. The number of hydrogen-bond acceptors (Lipinski definition) is 8. The molecule has 0 radical (unpaired) electrons. The van der Waals surface area contributed by atoms with Crippen molar-refractivity contribution in [3.8, 4) is 0 Å². The van der Waals surface area contributed by atoms with Crippen LogP contribution < -0.4 is 0 Å². The normalized spacial score (nSPS) is 15.7. The molecule has 1 aliphatic heterocycles. The van der Waals surface area contributed by atoms with Gasteiger partial charge >= 0.3 is 0 Å². The number of nitrogens with zero attached hydrogens (tertiary/aromatic N) is 10. The molecule has 0 fully saturated rings. The van der Waals surface area contributed by atoms with Crippen LogP contribution in [0.2, 0.25) is 0 Å². The Hall–Kier alpha value is -3.32. The number of aliphatic hydroxyl groups excluding tert-OH is 2. The predicted octanol–water partition coefficient (Wildman–Crippen LogP) is 1.02. The number of fused-ring (bicyclic) bond motifs is 8. The lowest BCUT2D eigenvalue weighted by molar-refractivity contribution is 0.180. The van der Waals surface area contributed by atoms with E-state index in [1.54, 1.807) is 0 Å². The fourth-order valence-electron chi connectivity index (χ4n) is 5.08. The maximum Gasteiger partial charge on any atom is 0.133 e. The Labute approximate surface area is 222 Å². The van der Waals surface area contributed by atoms with Gasteiger partial charge in [-0.3, -0.25) is 9.80 Å². The molecule has 0 atom stereocenters. The lowest BCUT2D eigenvalue weighted by Gasteiger charge is -2.19. The standard InChI is InChI=1S/C26H38N10O2/c1-19-9-23-13-31(5-7-37)14-25-11-21(3)35(29-25)18-36-22(4)12-26(30-36)16-32(6-8-38)15-24-10-20(2)34(28-24)17-33(19)27-23/h9-12,37-38H,5-8,13-18H2,1-4H3. The third kappa shape index (κ3) is 5.88. The molecule has 5 heterocycles. The average Bonchev–Trinajstić information content (AvgIpc) is 3.57. The first-order valence-electron chi connectivity index (χ1n) is 13.1. The zero-order chi connectivity index (χ0) is 26.8. The van der Waals surface area contributed by atoms with Crippen LogP contribution in [-0.4, -0.2) is 85.4 Å². The second-order valence-corrected chi connectivity index (χ2v) is 10.3. The van der Waals surface area contributed by atoms with Crippen molar-refractivity contribution in [3.05, 3.63) is 69.8 Å². The lowest BCUT2D eigenvalue weighted by atomic mass is 10.3. The zero-order valence-electron chi connectivity index (χ0n) is 22.7. The van der Waals surface area contributed by atoms with Gasteiger partial charge in [-0.1, -0.05) is 0 Å². The molecule has 0 unspecified atom stereocenters. The minimum absolute atomic E-state index is 0.0667. The molecule has 4 aromatic heterocycles. The minimum Gasteiger partial charge on any atom is -0.395 e. The van der Waals surface area contributed by atoms with Crippen molar-refractivity contribution in [2.24, 2.45) is 0 Å². The van der Waals surface area contributed by atoms with Crippen LogP contribution in [0, 0.1) is 27.7 Å². The highest BCUT2D eigenvalue weighted by molar-refractivity contribution is 5.14. The SMILES string of the molecule is Cc1cc2nn1Cn1nc(cc1C)CN(CCO)Cc1cc(C)n(n1)Cn1nc(cc1C)CN(CCO)C2. The van der Waals surface area contributed by atoms with E-state index in [1.165, 1.54) is 0 Å². The fraction of sp³-hybridized carbons (Fsp3) is 0.538. The Balaban J connectivity index is 1.51.